The monoisotopic (exact) mass is 305 g/mol. The molecule has 1 aliphatic rings. The number of thioether (sulfide) groups is 1. The third-order valence-electron chi connectivity index (χ3n) is 3.34. The second-order valence-corrected chi connectivity index (χ2v) is 5.84. The van der Waals surface area contributed by atoms with Crippen LogP contribution in [-0.4, -0.2) is 24.4 Å². The number of esters is 1. The number of benzene rings is 1. The van der Waals surface area contributed by atoms with Crippen molar-refractivity contribution < 1.29 is 13.9 Å². The number of ether oxygens (including phenoxy) is 1. The summed E-state index contributed by atoms with van der Waals surface area (Å²) < 4.78 is 10.5. The average Bonchev–Trinajstić information content (AvgIpc) is 2.98. The zero-order chi connectivity index (χ0) is 14.8. The Morgan fingerprint density at radius 1 is 1.48 bits per heavy atom. The highest BCUT2D eigenvalue weighted by atomic mass is 32.2. The minimum Gasteiger partial charge on any atom is -0.465 e. The van der Waals surface area contributed by atoms with E-state index in [0.717, 1.165) is 0 Å². The lowest BCUT2D eigenvalue weighted by atomic mass is 10.1. The summed E-state index contributed by atoms with van der Waals surface area (Å²) in [6.45, 7) is 2.12. The number of para-hydroxylation sites is 1. The van der Waals surface area contributed by atoms with Gasteiger partial charge in [-0.05, 0) is 19.1 Å². The lowest BCUT2D eigenvalue weighted by Crippen LogP contribution is -2.36. The molecule has 1 N–H and O–H groups in total. The third kappa shape index (κ3) is 2.69. The molecule has 1 aromatic heterocycles. The van der Waals surface area contributed by atoms with E-state index in [2.05, 4.69) is 5.32 Å². The number of hydrogen-bond acceptors (Lipinski definition) is 6. The molecule has 3 rings (SSSR count). The van der Waals surface area contributed by atoms with Crippen LogP contribution in [0.1, 0.15) is 17.9 Å². The van der Waals surface area contributed by atoms with Gasteiger partial charge < -0.3 is 9.15 Å². The van der Waals surface area contributed by atoms with E-state index < -0.39 is 0 Å². The van der Waals surface area contributed by atoms with Crippen molar-refractivity contribution >= 4 is 28.7 Å². The predicted molar refractivity (Wildman–Crippen MR) is 81.2 cm³/mol. The maximum absolute atomic E-state index is 12.5. The van der Waals surface area contributed by atoms with Crippen LogP contribution >= 0.6 is 11.8 Å². The van der Waals surface area contributed by atoms with Gasteiger partial charge in [-0.25, -0.2) is 0 Å². The molecule has 0 saturated carbocycles. The highest BCUT2D eigenvalue weighted by Crippen LogP contribution is 2.32. The number of carbonyl (C=O) groups is 1. The highest BCUT2D eigenvalue weighted by Gasteiger charge is 2.33. The van der Waals surface area contributed by atoms with Crippen LogP contribution in [0, 0.1) is 0 Å². The first-order valence-corrected chi connectivity index (χ1v) is 7.80. The van der Waals surface area contributed by atoms with Crippen molar-refractivity contribution in [3.8, 4) is 0 Å². The van der Waals surface area contributed by atoms with Gasteiger partial charge in [0.2, 0.25) is 0 Å². The zero-order valence-electron chi connectivity index (χ0n) is 11.5. The van der Waals surface area contributed by atoms with Gasteiger partial charge in [0, 0.05) is 5.75 Å². The summed E-state index contributed by atoms with van der Waals surface area (Å²) in [5.74, 6) is 0.299. The van der Waals surface area contributed by atoms with Crippen LogP contribution in [-0.2, 0) is 9.53 Å². The molecule has 1 fully saturated rings. The summed E-state index contributed by atoms with van der Waals surface area (Å²) in [4.78, 5) is 24.2. The molecule has 0 amide bonds. The molecule has 2 atom stereocenters. The van der Waals surface area contributed by atoms with Crippen LogP contribution in [0.3, 0.4) is 0 Å². The first kappa shape index (κ1) is 14.2. The van der Waals surface area contributed by atoms with E-state index in [1.807, 2.05) is 6.07 Å². The average molecular weight is 305 g/mol. The van der Waals surface area contributed by atoms with E-state index in [1.165, 1.54) is 18.0 Å². The molecular formula is C15H15NO4S. The minimum absolute atomic E-state index is 0.0636. The Bertz CT molecular complexity index is 727. The second-order valence-electron chi connectivity index (χ2n) is 4.70. The molecule has 21 heavy (non-hydrogen) atoms. The van der Waals surface area contributed by atoms with Gasteiger partial charge in [0.05, 0.1) is 22.9 Å². The number of nitrogens with one attached hydrogen (secondary N) is 1. The molecular weight excluding hydrogens is 290 g/mol. The maximum atomic E-state index is 12.5. The molecule has 6 heteroatoms. The third-order valence-corrected chi connectivity index (χ3v) is 4.59. The summed E-state index contributed by atoms with van der Waals surface area (Å²) in [6.07, 6.45) is 1.48. The minimum atomic E-state index is -0.383. The van der Waals surface area contributed by atoms with Gasteiger partial charge in [-0.15, -0.1) is 11.8 Å². The van der Waals surface area contributed by atoms with Gasteiger partial charge >= 0.3 is 5.97 Å². The lowest BCUT2D eigenvalue weighted by molar-refractivity contribution is -0.144. The van der Waals surface area contributed by atoms with Gasteiger partial charge in [0.15, 0.2) is 5.43 Å². The molecule has 2 aromatic rings. The summed E-state index contributed by atoms with van der Waals surface area (Å²) in [5, 5.41) is 3.43. The Labute approximate surface area is 125 Å². The smallest absolute Gasteiger partial charge is 0.324 e. The second kappa shape index (κ2) is 5.91. The molecule has 1 aliphatic heterocycles. The van der Waals surface area contributed by atoms with Gasteiger partial charge in [0.25, 0.3) is 0 Å². The zero-order valence-corrected chi connectivity index (χ0v) is 12.3. The summed E-state index contributed by atoms with van der Waals surface area (Å²) in [7, 11) is 0. The topological polar surface area (TPSA) is 68.5 Å². The van der Waals surface area contributed by atoms with E-state index in [4.69, 9.17) is 9.15 Å². The van der Waals surface area contributed by atoms with Gasteiger partial charge in [-0.3, -0.25) is 14.9 Å². The van der Waals surface area contributed by atoms with Crippen molar-refractivity contribution in [1.29, 1.82) is 0 Å². The van der Waals surface area contributed by atoms with Crippen molar-refractivity contribution in [2.75, 3.05) is 12.4 Å². The Morgan fingerprint density at radius 3 is 3.10 bits per heavy atom. The Hall–Kier alpha value is -1.79. The van der Waals surface area contributed by atoms with E-state index in [9.17, 15) is 9.59 Å². The first-order chi connectivity index (χ1) is 10.2. The van der Waals surface area contributed by atoms with E-state index in [-0.39, 0.29) is 22.8 Å². The first-order valence-electron chi connectivity index (χ1n) is 6.75. The van der Waals surface area contributed by atoms with Crippen LogP contribution in [0.2, 0.25) is 0 Å². The fraction of sp³-hybridized carbons (Fsp3) is 0.333. The predicted octanol–water partition coefficient (Wildman–Crippen LogP) is 2.06. The summed E-state index contributed by atoms with van der Waals surface area (Å²) in [6, 6.07) is 6.75. The number of rotatable bonds is 3. The van der Waals surface area contributed by atoms with Crippen molar-refractivity contribution in [2.45, 2.75) is 18.3 Å². The fourth-order valence-corrected chi connectivity index (χ4v) is 3.52. The molecule has 1 saturated heterocycles. The van der Waals surface area contributed by atoms with Crippen LogP contribution in [0.15, 0.2) is 39.7 Å². The van der Waals surface area contributed by atoms with Crippen LogP contribution in [0.5, 0.6) is 0 Å². The summed E-state index contributed by atoms with van der Waals surface area (Å²) in [5.41, 5.74) is 1.04. The fourth-order valence-electron chi connectivity index (χ4n) is 2.30. The van der Waals surface area contributed by atoms with Crippen LogP contribution < -0.4 is 10.7 Å². The molecule has 0 spiro atoms. The Kier molecular flexibility index (Phi) is 3.98. The molecule has 0 bridgehead atoms. The molecule has 0 aliphatic carbocycles. The SMILES string of the molecule is CCOC(=O)[C@@H]1CS[C@@H](c2coc3ccccc3c2=O)N1. The van der Waals surface area contributed by atoms with Gasteiger partial charge in [0.1, 0.15) is 17.9 Å². The van der Waals surface area contributed by atoms with E-state index >= 15 is 0 Å². The largest absolute Gasteiger partial charge is 0.465 e. The molecule has 5 nitrogen and oxygen atoms in total. The van der Waals surface area contributed by atoms with E-state index in [0.29, 0.717) is 28.9 Å². The summed E-state index contributed by atoms with van der Waals surface area (Å²) >= 11 is 1.51. The number of carbonyl (C=O) groups excluding carboxylic acids is 1. The quantitative estimate of drug-likeness (QED) is 0.876. The number of hydrogen-bond donors (Lipinski definition) is 1. The molecule has 0 radical (unpaired) electrons. The Balaban J connectivity index is 1.87. The Morgan fingerprint density at radius 2 is 2.29 bits per heavy atom. The molecule has 1 aromatic carbocycles. The highest BCUT2D eigenvalue weighted by molar-refractivity contribution is 7.99. The van der Waals surface area contributed by atoms with E-state index in [1.54, 1.807) is 25.1 Å². The standard InChI is InChI=1S/C15H15NO4S/c1-2-19-15(18)11-8-21-14(16-11)10-7-20-12-6-4-3-5-9(12)13(10)17/h3-7,11,14,16H,2,8H2,1H3/t11-,14-/m0/s1. The van der Waals surface area contributed by atoms with Crippen molar-refractivity contribution in [2.24, 2.45) is 0 Å². The normalized spacial score (nSPS) is 21.6. The van der Waals surface area contributed by atoms with Crippen molar-refractivity contribution in [3.63, 3.8) is 0 Å². The molecule has 2 heterocycles. The molecule has 0 unspecified atom stereocenters. The molecule has 110 valence electrons. The maximum Gasteiger partial charge on any atom is 0.324 e. The van der Waals surface area contributed by atoms with Crippen molar-refractivity contribution in [3.05, 3.63) is 46.3 Å². The number of fused-ring (bicyclic) bond motifs is 1. The van der Waals surface area contributed by atoms with Crippen molar-refractivity contribution in [1.82, 2.24) is 5.32 Å². The van der Waals surface area contributed by atoms with Gasteiger partial charge in [-0.2, -0.15) is 0 Å². The van der Waals surface area contributed by atoms with Crippen LogP contribution in [0.4, 0.5) is 0 Å². The van der Waals surface area contributed by atoms with Gasteiger partial charge in [-0.1, -0.05) is 12.1 Å². The van der Waals surface area contributed by atoms with Crippen LogP contribution in [0.25, 0.3) is 11.0 Å². The lowest BCUT2D eigenvalue weighted by Gasteiger charge is -2.12.